The lowest BCUT2D eigenvalue weighted by Crippen LogP contribution is -2.12. The number of fused-ring (bicyclic) bond motifs is 3. The van der Waals surface area contributed by atoms with Crippen molar-refractivity contribution in [1.29, 1.82) is 0 Å². The third kappa shape index (κ3) is 5.34. The van der Waals surface area contributed by atoms with Crippen LogP contribution in [0.15, 0.2) is 138 Å². The molecule has 0 N–H and O–H groups in total. The highest BCUT2D eigenvalue weighted by molar-refractivity contribution is 6.07. The molecule has 0 amide bonds. The molecule has 1 heterocycles. The van der Waals surface area contributed by atoms with Gasteiger partial charge in [-0.15, -0.1) is 0 Å². The van der Waals surface area contributed by atoms with Gasteiger partial charge in [0.05, 0.1) is 5.69 Å². The average molecular weight is 610 g/mol. The summed E-state index contributed by atoms with van der Waals surface area (Å²) in [4.78, 5) is 2.41. The second-order valence-electron chi connectivity index (χ2n) is 12.8. The normalized spacial score (nSPS) is 14.0. The largest absolute Gasteiger partial charge is 0.456 e. The Hall–Kier alpha value is -5.34. The van der Waals surface area contributed by atoms with Crippen LogP contribution in [0.2, 0.25) is 0 Å². The van der Waals surface area contributed by atoms with Crippen LogP contribution in [-0.2, 0) is 0 Å². The predicted octanol–water partition coefficient (Wildman–Crippen LogP) is 13.6. The predicted molar refractivity (Wildman–Crippen MR) is 202 cm³/mol. The van der Waals surface area contributed by atoms with E-state index < -0.39 is 0 Å². The van der Waals surface area contributed by atoms with Gasteiger partial charge in [0.15, 0.2) is 0 Å². The van der Waals surface area contributed by atoms with Crippen molar-refractivity contribution in [1.82, 2.24) is 0 Å². The standard InChI is InChI=1S/C45H39NO/c1-3-12-43-39(4-2)41-27-26-38(30-44(41)47-43)46(37-24-21-33(22-25-37)31-13-6-5-7-14-31)42-28-23-34-16-10-11-18-40(34)45(42)36-20-19-32-15-8-9-17-35(32)29-36/h3-4,8-12,15-31H,2,5-7,13-14H2,1H3/b12-3-. The summed E-state index contributed by atoms with van der Waals surface area (Å²) in [5.41, 5.74) is 9.05. The van der Waals surface area contributed by atoms with Crippen molar-refractivity contribution in [2.75, 3.05) is 4.90 Å². The van der Waals surface area contributed by atoms with Crippen LogP contribution in [0.25, 0.3) is 55.8 Å². The Kier molecular flexibility index (Phi) is 7.71. The number of hydrogen-bond acceptors (Lipinski definition) is 2. The molecular weight excluding hydrogens is 571 g/mol. The first-order valence-electron chi connectivity index (χ1n) is 16.9. The first kappa shape index (κ1) is 29.1. The molecule has 1 saturated carbocycles. The van der Waals surface area contributed by atoms with Crippen LogP contribution in [0.5, 0.6) is 0 Å². The quantitative estimate of drug-likeness (QED) is 0.179. The molecule has 0 bridgehead atoms. The number of nitrogens with zero attached hydrogens (tertiary/aromatic N) is 1. The molecule has 1 aliphatic rings. The smallest absolute Gasteiger partial charge is 0.137 e. The van der Waals surface area contributed by atoms with Gasteiger partial charge in [-0.1, -0.05) is 117 Å². The van der Waals surface area contributed by atoms with Gasteiger partial charge >= 0.3 is 0 Å². The number of benzene rings is 6. The van der Waals surface area contributed by atoms with E-state index in [1.807, 2.05) is 25.2 Å². The lowest BCUT2D eigenvalue weighted by atomic mass is 9.84. The fourth-order valence-corrected chi connectivity index (χ4v) is 7.60. The lowest BCUT2D eigenvalue weighted by molar-refractivity contribution is 0.443. The van der Waals surface area contributed by atoms with E-state index >= 15 is 0 Å². The van der Waals surface area contributed by atoms with E-state index in [-0.39, 0.29) is 0 Å². The summed E-state index contributed by atoms with van der Waals surface area (Å²) in [6.07, 6.45) is 12.5. The molecule has 2 nitrogen and oxygen atoms in total. The number of allylic oxidation sites excluding steroid dienone is 1. The Morgan fingerprint density at radius 3 is 2.19 bits per heavy atom. The highest BCUT2D eigenvalue weighted by Crippen LogP contribution is 2.46. The highest BCUT2D eigenvalue weighted by atomic mass is 16.3. The Balaban J connectivity index is 1.37. The van der Waals surface area contributed by atoms with Gasteiger partial charge in [0.1, 0.15) is 11.3 Å². The van der Waals surface area contributed by atoms with Crippen molar-refractivity contribution in [2.45, 2.75) is 44.9 Å². The third-order valence-electron chi connectivity index (χ3n) is 9.94. The molecule has 0 unspecified atom stereocenters. The molecule has 1 aliphatic carbocycles. The maximum Gasteiger partial charge on any atom is 0.137 e. The molecule has 0 atom stereocenters. The monoisotopic (exact) mass is 609 g/mol. The average Bonchev–Trinajstić information content (AvgIpc) is 3.48. The third-order valence-corrected chi connectivity index (χ3v) is 9.94. The number of rotatable bonds is 7. The number of furan rings is 1. The molecule has 47 heavy (non-hydrogen) atoms. The summed E-state index contributed by atoms with van der Waals surface area (Å²) in [6.45, 7) is 6.10. The van der Waals surface area contributed by atoms with Crippen LogP contribution in [-0.4, -0.2) is 0 Å². The fourth-order valence-electron chi connectivity index (χ4n) is 7.60. The van der Waals surface area contributed by atoms with E-state index in [9.17, 15) is 0 Å². The van der Waals surface area contributed by atoms with Crippen LogP contribution in [0, 0.1) is 0 Å². The summed E-state index contributed by atoms with van der Waals surface area (Å²) in [5.74, 6) is 1.49. The summed E-state index contributed by atoms with van der Waals surface area (Å²) in [5, 5.41) is 5.99. The van der Waals surface area contributed by atoms with Crippen LogP contribution < -0.4 is 4.90 Å². The van der Waals surface area contributed by atoms with E-state index in [1.54, 1.807) is 0 Å². The summed E-state index contributed by atoms with van der Waals surface area (Å²) < 4.78 is 6.44. The van der Waals surface area contributed by atoms with Crippen LogP contribution in [0.1, 0.15) is 61.8 Å². The van der Waals surface area contributed by atoms with E-state index in [1.165, 1.54) is 70.3 Å². The minimum atomic E-state index is 0.655. The second kappa shape index (κ2) is 12.5. The minimum Gasteiger partial charge on any atom is -0.456 e. The molecule has 8 rings (SSSR count). The maximum absolute atomic E-state index is 6.44. The van der Waals surface area contributed by atoms with Gasteiger partial charge in [-0.25, -0.2) is 0 Å². The van der Waals surface area contributed by atoms with Crippen molar-refractivity contribution in [3.63, 3.8) is 0 Å². The molecule has 1 aromatic heterocycles. The summed E-state index contributed by atoms with van der Waals surface area (Å²) in [7, 11) is 0. The first-order valence-corrected chi connectivity index (χ1v) is 16.9. The Labute approximate surface area is 277 Å². The number of hydrogen-bond donors (Lipinski definition) is 0. The van der Waals surface area contributed by atoms with Gasteiger partial charge in [0, 0.05) is 34.0 Å². The summed E-state index contributed by atoms with van der Waals surface area (Å²) in [6, 6.07) is 44.7. The first-order chi connectivity index (χ1) is 23.2. The molecule has 0 saturated heterocycles. The molecule has 6 aromatic carbocycles. The Bertz CT molecular complexity index is 2260. The van der Waals surface area contributed by atoms with Gasteiger partial charge in [-0.05, 0) is 101 Å². The van der Waals surface area contributed by atoms with Crippen LogP contribution in [0.4, 0.5) is 17.1 Å². The molecule has 0 aliphatic heterocycles. The van der Waals surface area contributed by atoms with Crippen LogP contribution in [0.3, 0.4) is 0 Å². The second-order valence-corrected chi connectivity index (χ2v) is 12.8. The molecule has 0 spiro atoms. The maximum atomic E-state index is 6.44. The molecular formula is C45H39NO. The van der Waals surface area contributed by atoms with Gasteiger partial charge in [0.25, 0.3) is 0 Å². The minimum absolute atomic E-state index is 0.655. The van der Waals surface area contributed by atoms with E-state index in [0.717, 1.165) is 39.4 Å². The zero-order chi connectivity index (χ0) is 31.7. The SMILES string of the molecule is C=Cc1c(/C=C\C)oc2cc(N(c3ccc(C4CCCCC4)cc3)c3ccc4ccccc4c3-c3ccc4ccccc4c3)ccc12. The zero-order valence-electron chi connectivity index (χ0n) is 27.0. The van der Waals surface area contributed by atoms with Crippen molar-refractivity contribution in [2.24, 2.45) is 0 Å². The zero-order valence-corrected chi connectivity index (χ0v) is 27.0. The summed E-state index contributed by atoms with van der Waals surface area (Å²) >= 11 is 0. The van der Waals surface area contributed by atoms with Gasteiger partial charge in [-0.3, -0.25) is 0 Å². The highest BCUT2D eigenvalue weighted by Gasteiger charge is 2.22. The van der Waals surface area contributed by atoms with Crippen molar-refractivity contribution in [3.05, 3.63) is 151 Å². The van der Waals surface area contributed by atoms with Crippen molar-refractivity contribution in [3.8, 4) is 11.1 Å². The number of anilines is 3. The molecule has 2 heteroatoms. The lowest BCUT2D eigenvalue weighted by Gasteiger charge is -2.29. The molecule has 1 fully saturated rings. The Morgan fingerprint density at radius 2 is 1.40 bits per heavy atom. The van der Waals surface area contributed by atoms with E-state index in [0.29, 0.717) is 5.92 Å². The molecule has 230 valence electrons. The van der Waals surface area contributed by atoms with E-state index in [4.69, 9.17) is 4.42 Å². The van der Waals surface area contributed by atoms with Gasteiger partial charge in [0.2, 0.25) is 0 Å². The van der Waals surface area contributed by atoms with Gasteiger partial charge in [-0.2, -0.15) is 0 Å². The van der Waals surface area contributed by atoms with Crippen LogP contribution >= 0.6 is 0 Å². The molecule has 7 aromatic rings. The van der Waals surface area contributed by atoms with Crippen molar-refractivity contribution >= 4 is 61.7 Å². The topological polar surface area (TPSA) is 16.4 Å². The fraction of sp³-hybridized carbons (Fsp3) is 0.156. The molecule has 0 radical (unpaired) electrons. The Morgan fingerprint density at radius 1 is 0.681 bits per heavy atom. The van der Waals surface area contributed by atoms with E-state index in [2.05, 4.69) is 133 Å². The van der Waals surface area contributed by atoms with Gasteiger partial charge < -0.3 is 9.32 Å². The van der Waals surface area contributed by atoms with Crippen molar-refractivity contribution < 1.29 is 4.42 Å².